The fourth-order valence-electron chi connectivity index (χ4n) is 1.77. The summed E-state index contributed by atoms with van der Waals surface area (Å²) in [6.45, 7) is 2.01. The molecule has 0 aromatic rings. The van der Waals surface area contributed by atoms with Gasteiger partial charge in [0, 0.05) is 18.0 Å². The van der Waals surface area contributed by atoms with E-state index in [2.05, 4.69) is 11.8 Å². The summed E-state index contributed by atoms with van der Waals surface area (Å²) in [7, 11) is 0. The molecule has 2 fully saturated rings. The first-order valence-corrected chi connectivity index (χ1v) is 5.12. The SMILES string of the molecule is C1COCCC2(C1)CCS2. The Morgan fingerprint density at radius 3 is 2.70 bits per heavy atom. The molecule has 58 valence electrons. The second-order valence-corrected chi connectivity index (χ2v) is 4.81. The van der Waals surface area contributed by atoms with Crippen molar-refractivity contribution in [1.29, 1.82) is 0 Å². The largest absolute Gasteiger partial charge is 0.381 e. The van der Waals surface area contributed by atoms with Crippen LogP contribution in [0.15, 0.2) is 0 Å². The summed E-state index contributed by atoms with van der Waals surface area (Å²) in [5, 5.41) is 0. The minimum Gasteiger partial charge on any atom is -0.381 e. The zero-order valence-corrected chi connectivity index (χ0v) is 7.08. The fraction of sp³-hybridized carbons (Fsp3) is 1.00. The van der Waals surface area contributed by atoms with Gasteiger partial charge in [-0.2, -0.15) is 11.8 Å². The fourth-order valence-corrected chi connectivity index (χ4v) is 3.06. The molecule has 2 heterocycles. The Morgan fingerprint density at radius 2 is 2.00 bits per heavy atom. The van der Waals surface area contributed by atoms with Crippen molar-refractivity contribution < 1.29 is 4.74 Å². The van der Waals surface area contributed by atoms with Gasteiger partial charge >= 0.3 is 0 Å². The number of rotatable bonds is 0. The van der Waals surface area contributed by atoms with Gasteiger partial charge in [0.1, 0.15) is 0 Å². The van der Waals surface area contributed by atoms with Gasteiger partial charge in [0.05, 0.1) is 0 Å². The Labute approximate surface area is 66.5 Å². The third-order valence-electron chi connectivity index (χ3n) is 2.59. The lowest BCUT2D eigenvalue weighted by Gasteiger charge is -2.40. The predicted octanol–water partition coefficient (Wildman–Crippen LogP) is 2.06. The van der Waals surface area contributed by atoms with E-state index < -0.39 is 0 Å². The van der Waals surface area contributed by atoms with Crippen molar-refractivity contribution in [3.05, 3.63) is 0 Å². The van der Waals surface area contributed by atoms with Crippen LogP contribution in [0.3, 0.4) is 0 Å². The average Bonchev–Trinajstić information content (AvgIpc) is 2.08. The lowest BCUT2D eigenvalue weighted by molar-refractivity contribution is 0.142. The molecule has 0 amide bonds. The van der Waals surface area contributed by atoms with Crippen LogP contribution in [0.2, 0.25) is 0 Å². The molecule has 2 heteroatoms. The van der Waals surface area contributed by atoms with E-state index in [9.17, 15) is 0 Å². The van der Waals surface area contributed by atoms with Crippen LogP contribution in [0.4, 0.5) is 0 Å². The Balaban J connectivity index is 1.92. The first-order valence-electron chi connectivity index (χ1n) is 4.13. The molecule has 0 aromatic carbocycles. The highest BCUT2D eigenvalue weighted by Crippen LogP contribution is 2.47. The van der Waals surface area contributed by atoms with Crippen molar-refractivity contribution in [3.8, 4) is 0 Å². The molecule has 0 aliphatic carbocycles. The van der Waals surface area contributed by atoms with Gasteiger partial charge in [-0.25, -0.2) is 0 Å². The van der Waals surface area contributed by atoms with Crippen LogP contribution in [0.5, 0.6) is 0 Å². The van der Waals surface area contributed by atoms with Crippen LogP contribution >= 0.6 is 11.8 Å². The lowest BCUT2D eigenvalue weighted by Crippen LogP contribution is -2.34. The molecular formula is C8H14OS. The summed E-state index contributed by atoms with van der Waals surface area (Å²) in [5.41, 5.74) is 0. The minimum absolute atomic E-state index is 0.677. The van der Waals surface area contributed by atoms with Crippen LogP contribution in [0, 0.1) is 0 Å². The lowest BCUT2D eigenvalue weighted by atomic mass is 9.95. The molecule has 0 saturated carbocycles. The highest BCUT2D eigenvalue weighted by atomic mass is 32.2. The molecule has 0 N–H and O–H groups in total. The van der Waals surface area contributed by atoms with E-state index in [4.69, 9.17) is 4.74 Å². The summed E-state index contributed by atoms with van der Waals surface area (Å²) in [4.78, 5) is 0. The van der Waals surface area contributed by atoms with Crippen LogP contribution in [0.1, 0.15) is 25.7 Å². The summed E-state index contributed by atoms with van der Waals surface area (Å²) in [6, 6.07) is 0. The second-order valence-electron chi connectivity index (χ2n) is 3.25. The van der Waals surface area contributed by atoms with Crippen LogP contribution < -0.4 is 0 Å². The standard InChI is InChI=1S/C8H14OS/c1-2-8(4-7-10-8)3-6-9-5-1/h1-7H2. The number of thioether (sulfide) groups is 1. The molecule has 2 rings (SSSR count). The Kier molecular flexibility index (Phi) is 1.92. The van der Waals surface area contributed by atoms with Crippen molar-refractivity contribution in [2.75, 3.05) is 19.0 Å². The summed E-state index contributed by atoms with van der Waals surface area (Å²) >= 11 is 2.16. The monoisotopic (exact) mass is 158 g/mol. The van der Waals surface area contributed by atoms with E-state index in [0.717, 1.165) is 13.2 Å². The van der Waals surface area contributed by atoms with Crippen LogP contribution in [0.25, 0.3) is 0 Å². The van der Waals surface area contributed by atoms with E-state index in [-0.39, 0.29) is 0 Å². The van der Waals surface area contributed by atoms with Gasteiger partial charge in [-0.15, -0.1) is 0 Å². The van der Waals surface area contributed by atoms with E-state index in [1.807, 2.05) is 0 Å². The predicted molar refractivity (Wildman–Crippen MR) is 44.5 cm³/mol. The molecule has 2 aliphatic rings. The van der Waals surface area contributed by atoms with Gasteiger partial charge in [0.25, 0.3) is 0 Å². The quantitative estimate of drug-likeness (QED) is 0.533. The maximum atomic E-state index is 5.41. The van der Waals surface area contributed by atoms with Gasteiger partial charge in [-0.3, -0.25) is 0 Å². The normalized spacial score (nSPS) is 40.8. The van der Waals surface area contributed by atoms with Gasteiger partial charge in [-0.1, -0.05) is 0 Å². The number of hydrogen-bond donors (Lipinski definition) is 0. The highest BCUT2D eigenvalue weighted by molar-refractivity contribution is 8.02. The molecule has 0 bridgehead atoms. The Morgan fingerprint density at radius 1 is 1.10 bits per heavy atom. The van der Waals surface area contributed by atoms with Crippen molar-refractivity contribution >= 4 is 11.8 Å². The van der Waals surface area contributed by atoms with Crippen molar-refractivity contribution in [3.63, 3.8) is 0 Å². The van der Waals surface area contributed by atoms with Crippen molar-refractivity contribution in [2.24, 2.45) is 0 Å². The van der Waals surface area contributed by atoms with Gasteiger partial charge in [0.15, 0.2) is 0 Å². The van der Waals surface area contributed by atoms with Gasteiger partial charge in [0.2, 0.25) is 0 Å². The van der Waals surface area contributed by atoms with E-state index in [0.29, 0.717) is 4.75 Å². The Bertz CT molecular complexity index is 110. The van der Waals surface area contributed by atoms with E-state index in [1.54, 1.807) is 0 Å². The first-order chi connectivity index (χ1) is 4.91. The summed E-state index contributed by atoms with van der Waals surface area (Å²) in [6.07, 6.45) is 5.43. The third-order valence-corrected chi connectivity index (χ3v) is 4.22. The number of hydrogen-bond acceptors (Lipinski definition) is 2. The van der Waals surface area contributed by atoms with Crippen molar-refractivity contribution in [2.45, 2.75) is 30.4 Å². The average molecular weight is 158 g/mol. The molecule has 0 aromatic heterocycles. The number of ether oxygens (including phenoxy) is 1. The molecule has 1 unspecified atom stereocenters. The first kappa shape index (κ1) is 6.99. The molecule has 1 spiro atoms. The molecule has 0 radical (unpaired) electrons. The molecule has 2 aliphatic heterocycles. The summed E-state index contributed by atoms with van der Waals surface area (Å²) in [5.74, 6) is 1.39. The molecule has 1 nitrogen and oxygen atoms in total. The van der Waals surface area contributed by atoms with Gasteiger partial charge in [-0.05, 0) is 31.4 Å². The van der Waals surface area contributed by atoms with Gasteiger partial charge < -0.3 is 4.74 Å². The smallest absolute Gasteiger partial charge is 0.0479 e. The van der Waals surface area contributed by atoms with Crippen LogP contribution in [-0.4, -0.2) is 23.7 Å². The van der Waals surface area contributed by atoms with E-state index >= 15 is 0 Å². The maximum Gasteiger partial charge on any atom is 0.0479 e. The minimum atomic E-state index is 0.677. The van der Waals surface area contributed by atoms with Crippen molar-refractivity contribution in [1.82, 2.24) is 0 Å². The zero-order valence-electron chi connectivity index (χ0n) is 6.27. The Hall–Kier alpha value is 0.310. The molecule has 1 atom stereocenters. The highest BCUT2D eigenvalue weighted by Gasteiger charge is 2.37. The van der Waals surface area contributed by atoms with Crippen LogP contribution in [-0.2, 0) is 4.74 Å². The molecule has 10 heavy (non-hydrogen) atoms. The third kappa shape index (κ3) is 1.19. The van der Waals surface area contributed by atoms with E-state index in [1.165, 1.54) is 31.4 Å². The maximum absolute atomic E-state index is 5.41. The molecule has 2 saturated heterocycles. The topological polar surface area (TPSA) is 9.23 Å². The second kappa shape index (κ2) is 2.74. The summed E-state index contributed by atoms with van der Waals surface area (Å²) < 4.78 is 6.09. The zero-order chi connectivity index (χ0) is 6.86. The molecular weight excluding hydrogens is 144 g/mol.